The topological polar surface area (TPSA) is 75.4 Å². The summed E-state index contributed by atoms with van der Waals surface area (Å²) in [5.74, 6) is 0.0546. The number of benzene rings is 1. The highest BCUT2D eigenvalue weighted by Crippen LogP contribution is 2.14. The molecule has 0 aliphatic carbocycles. The molecule has 4 N–H and O–H groups in total. The normalized spacial score (nSPS) is 12.5. The molecule has 0 aliphatic rings. The van der Waals surface area contributed by atoms with Crippen molar-refractivity contribution in [3.63, 3.8) is 0 Å². The number of phenols is 1. The molecule has 4 nitrogen and oxygen atoms in total. The summed E-state index contributed by atoms with van der Waals surface area (Å²) < 4.78 is 0. The van der Waals surface area contributed by atoms with Gasteiger partial charge in [0.1, 0.15) is 5.75 Å². The fraction of sp³-hybridized carbons (Fsp3) is 0.364. The van der Waals surface area contributed by atoms with Crippen molar-refractivity contribution in [2.24, 2.45) is 11.7 Å². The average molecular weight is 208 g/mol. The fourth-order valence-corrected chi connectivity index (χ4v) is 1.07. The van der Waals surface area contributed by atoms with Crippen LogP contribution in [0.5, 0.6) is 5.75 Å². The molecular weight excluding hydrogens is 192 g/mol. The third-order valence-electron chi connectivity index (χ3n) is 2.16. The van der Waals surface area contributed by atoms with Crippen LogP contribution in [0.1, 0.15) is 13.8 Å². The quantitative estimate of drug-likeness (QED) is 0.656. The first kappa shape index (κ1) is 11.5. The minimum atomic E-state index is -0.515. The Hall–Kier alpha value is -1.55. The number of carbonyl (C=O) groups excluding carboxylic acids is 1. The second-order valence-electron chi connectivity index (χ2n) is 3.81. The Bertz CT molecular complexity index is 333. The van der Waals surface area contributed by atoms with Crippen molar-refractivity contribution in [1.29, 1.82) is 0 Å². The number of amides is 1. The lowest BCUT2D eigenvalue weighted by Crippen LogP contribution is -2.39. The van der Waals surface area contributed by atoms with E-state index in [4.69, 9.17) is 10.8 Å². The molecular formula is C11H16N2O2. The number of carbonyl (C=O) groups is 1. The summed E-state index contributed by atoms with van der Waals surface area (Å²) in [5.41, 5.74) is 6.31. The zero-order chi connectivity index (χ0) is 11.4. The summed E-state index contributed by atoms with van der Waals surface area (Å²) in [5, 5.41) is 11.7. The van der Waals surface area contributed by atoms with Crippen molar-refractivity contribution >= 4 is 11.6 Å². The number of nitrogens with one attached hydrogen (secondary N) is 1. The van der Waals surface area contributed by atoms with E-state index in [9.17, 15) is 4.79 Å². The van der Waals surface area contributed by atoms with E-state index in [1.54, 1.807) is 12.1 Å². The molecule has 1 unspecified atom stereocenters. The van der Waals surface area contributed by atoms with Gasteiger partial charge in [-0.05, 0) is 30.2 Å². The molecule has 1 atom stereocenters. The molecule has 0 spiro atoms. The summed E-state index contributed by atoms with van der Waals surface area (Å²) in [6.45, 7) is 3.78. The predicted octanol–water partition coefficient (Wildman–Crippen LogP) is 1.31. The molecule has 1 aromatic carbocycles. The number of hydrogen-bond acceptors (Lipinski definition) is 3. The molecule has 0 heterocycles. The van der Waals surface area contributed by atoms with Gasteiger partial charge in [0.15, 0.2) is 0 Å². The van der Waals surface area contributed by atoms with Crippen LogP contribution in [0.25, 0.3) is 0 Å². The Labute approximate surface area is 89.1 Å². The van der Waals surface area contributed by atoms with E-state index in [1.807, 2.05) is 13.8 Å². The van der Waals surface area contributed by atoms with Gasteiger partial charge in [0.2, 0.25) is 5.91 Å². The molecule has 0 aliphatic heterocycles. The van der Waals surface area contributed by atoms with Gasteiger partial charge >= 0.3 is 0 Å². The van der Waals surface area contributed by atoms with E-state index in [2.05, 4.69) is 5.32 Å². The van der Waals surface area contributed by atoms with Crippen molar-refractivity contribution in [2.45, 2.75) is 19.9 Å². The molecule has 0 radical (unpaired) electrons. The highest BCUT2D eigenvalue weighted by Gasteiger charge is 2.16. The first-order chi connectivity index (χ1) is 7.00. The molecule has 0 saturated heterocycles. The van der Waals surface area contributed by atoms with E-state index < -0.39 is 6.04 Å². The van der Waals surface area contributed by atoms with Gasteiger partial charge in [-0.1, -0.05) is 13.8 Å². The summed E-state index contributed by atoms with van der Waals surface area (Å²) in [6.07, 6.45) is 0. The number of nitrogens with two attached hydrogens (primary N) is 1. The maximum Gasteiger partial charge on any atom is 0.241 e. The van der Waals surface area contributed by atoms with Crippen molar-refractivity contribution in [1.82, 2.24) is 0 Å². The van der Waals surface area contributed by atoms with Crippen LogP contribution in [0, 0.1) is 5.92 Å². The van der Waals surface area contributed by atoms with Crippen molar-refractivity contribution in [2.75, 3.05) is 5.32 Å². The number of aromatic hydroxyl groups is 1. The fourth-order valence-electron chi connectivity index (χ4n) is 1.07. The molecule has 15 heavy (non-hydrogen) atoms. The Morgan fingerprint density at radius 1 is 1.33 bits per heavy atom. The summed E-state index contributed by atoms with van der Waals surface area (Å²) in [6, 6.07) is 5.76. The number of rotatable bonds is 3. The van der Waals surface area contributed by atoms with Crippen molar-refractivity contribution in [3.05, 3.63) is 24.3 Å². The van der Waals surface area contributed by atoms with Gasteiger partial charge in [-0.25, -0.2) is 0 Å². The van der Waals surface area contributed by atoms with Crippen LogP contribution in [0.3, 0.4) is 0 Å². The van der Waals surface area contributed by atoms with Crippen molar-refractivity contribution < 1.29 is 9.90 Å². The van der Waals surface area contributed by atoms with E-state index in [-0.39, 0.29) is 17.6 Å². The van der Waals surface area contributed by atoms with E-state index in [0.717, 1.165) is 0 Å². The second kappa shape index (κ2) is 4.79. The molecule has 0 saturated carbocycles. The monoisotopic (exact) mass is 208 g/mol. The number of hydrogen-bond donors (Lipinski definition) is 3. The lowest BCUT2D eigenvalue weighted by atomic mass is 10.1. The van der Waals surface area contributed by atoms with Crippen LogP contribution in [0.4, 0.5) is 5.69 Å². The van der Waals surface area contributed by atoms with Gasteiger partial charge in [0, 0.05) is 5.69 Å². The minimum Gasteiger partial charge on any atom is -0.508 e. The van der Waals surface area contributed by atoms with Crippen LogP contribution in [-0.4, -0.2) is 17.1 Å². The van der Waals surface area contributed by atoms with E-state index in [0.29, 0.717) is 5.69 Å². The average Bonchev–Trinajstić information content (AvgIpc) is 2.20. The molecule has 0 bridgehead atoms. The molecule has 4 heteroatoms. The maximum atomic E-state index is 11.5. The highest BCUT2D eigenvalue weighted by atomic mass is 16.3. The number of anilines is 1. The van der Waals surface area contributed by atoms with Gasteiger partial charge in [-0.2, -0.15) is 0 Å². The Morgan fingerprint density at radius 2 is 1.87 bits per heavy atom. The smallest absolute Gasteiger partial charge is 0.241 e. The second-order valence-corrected chi connectivity index (χ2v) is 3.81. The molecule has 1 rings (SSSR count). The zero-order valence-corrected chi connectivity index (χ0v) is 8.90. The summed E-state index contributed by atoms with van der Waals surface area (Å²) in [7, 11) is 0. The van der Waals surface area contributed by atoms with Crippen LogP contribution >= 0.6 is 0 Å². The highest BCUT2D eigenvalue weighted by molar-refractivity contribution is 5.94. The van der Waals surface area contributed by atoms with E-state index in [1.165, 1.54) is 12.1 Å². The molecule has 0 aromatic heterocycles. The number of phenolic OH excluding ortho intramolecular Hbond substituents is 1. The van der Waals surface area contributed by atoms with Gasteiger partial charge < -0.3 is 16.2 Å². The predicted molar refractivity (Wildman–Crippen MR) is 59.5 cm³/mol. The Kier molecular flexibility index (Phi) is 3.68. The largest absolute Gasteiger partial charge is 0.508 e. The SMILES string of the molecule is CC(C)C(N)C(=O)Nc1ccc(O)cc1. The van der Waals surface area contributed by atoms with Gasteiger partial charge in [-0.15, -0.1) is 0 Å². The third-order valence-corrected chi connectivity index (χ3v) is 2.16. The van der Waals surface area contributed by atoms with Gasteiger partial charge in [0.05, 0.1) is 6.04 Å². The lowest BCUT2D eigenvalue weighted by molar-refractivity contribution is -0.118. The molecule has 0 fully saturated rings. The minimum absolute atomic E-state index is 0.0992. The lowest BCUT2D eigenvalue weighted by Gasteiger charge is -2.15. The Morgan fingerprint density at radius 3 is 2.33 bits per heavy atom. The zero-order valence-electron chi connectivity index (χ0n) is 8.90. The molecule has 1 amide bonds. The van der Waals surface area contributed by atoms with Crippen LogP contribution in [-0.2, 0) is 4.79 Å². The summed E-state index contributed by atoms with van der Waals surface area (Å²) >= 11 is 0. The van der Waals surface area contributed by atoms with Gasteiger partial charge in [0.25, 0.3) is 0 Å². The molecule has 82 valence electrons. The van der Waals surface area contributed by atoms with Gasteiger partial charge in [-0.3, -0.25) is 4.79 Å². The maximum absolute atomic E-state index is 11.5. The first-order valence-corrected chi connectivity index (χ1v) is 4.86. The Balaban J connectivity index is 2.62. The summed E-state index contributed by atoms with van der Waals surface area (Å²) in [4.78, 5) is 11.5. The third kappa shape index (κ3) is 3.25. The van der Waals surface area contributed by atoms with Crippen LogP contribution < -0.4 is 11.1 Å². The van der Waals surface area contributed by atoms with Crippen LogP contribution in [0.15, 0.2) is 24.3 Å². The van der Waals surface area contributed by atoms with E-state index >= 15 is 0 Å². The van der Waals surface area contributed by atoms with Crippen molar-refractivity contribution in [3.8, 4) is 5.75 Å². The van der Waals surface area contributed by atoms with Crippen LogP contribution in [0.2, 0.25) is 0 Å². The first-order valence-electron chi connectivity index (χ1n) is 4.86. The molecule has 1 aromatic rings. The standard InChI is InChI=1S/C11H16N2O2/c1-7(2)10(12)11(15)13-8-3-5-9(14)6-4-8/h3-7,10,14H,12H2,1-2H3,(H,13,15).